The zero-order valence-electron chi connectivity index (χ0n) is 12.3. The Labute approximate surface area is 107 Å². The smallest absolute Gasteiger partial charge is 0.224 e. The summed E-state index contributed by atoms with van der Waals surface area (Å²) in [5.74, 6) is 1.10. The molecule has 3 heteroatoms. The third-order valence-electron chi connectivity index (χ3n) is 3.01. The molecule has 0 spiro atoms. The van der Waals surface area contributed by atoms with Gasteiger partial charge in [0.25, 0.3) is 0 Å². The number of primary amides is 1. The summed E-state index contributed by atoms with van der Waals surface area (Å²) in [6.07, 6.45) is 2.29. The summed E-state index contributed by atoms with van der Waals surface area (Å²) in [7, 11) is 0. The number of rotatable bonds is 8. The summed E-state index contributed by atoms with van der Waals surface area (Å²) in [5.41, 5.74) is 4.91. The van der Waals surface area contributed by atoms with Gasteiger partial charge in [-0.2, -0.15) is 0 Å². The lowest BCUT2D eigenvalue weighted by atomic mass is 9.90. The minimum absolute atomic E-state index is 0.238. The Morgan fingerprint density at radius 2 is 1.53 bits per heavy atom. The van der Waals surface area contributed by atoms with Crippen LogP contribution in [-0.4, -0.2) is 18.5 Å². The number of hydrogen-bond donors (Lipinski definition) is 2. The molecule has 0 aliphatic carbocycles. The Morgan fingerprint density at radius 1 is 1.12 bits per heavy atom. The number of hydrogen-bond acceptors (Lipinski definition) is 2. The molecule has 17 heavy (non-hydrogen) atoms. The van der Waals surface area contributed by atoms with Crippen LogP contribution in [0.15, 0.2) is 0 Å². The molecule has 0 atom stereocenters. The van der Waals surface area contributed by atoms with Crippen molar-refractivity contribution >= 4 is 5.91 Å². The second kappa shape index (κ2) is 7.00. The van der Waals surface area contributed by atoms with E-state index in [0.717, 1.165) is 12.8 Å². The van der Waals surface area contributed by atoms with Gasteiger partial charge < -0.3 is 11.1 Å². The van der Waals surface area contributed by atoms with E-state index in [4.69, 9.17) is 5.73 Å². The highest BCUT2D eigenvalue weighted by Gasteiger charge is 2.26. The van der Waals surface area contributed by atoms with Crippen LogP contribution in [0.4, 0.5) is 0 Å². The lowest BCUT2D eigenvalue weighted by molar-refractivity contribution is -0.125. The zero-order chi connectivity index (χ0) is 13.6. The Morgan fingerprint density at radius 3 is 1.82 bits per heavy atom. The molecule has 102 valence electrons. The molecule has 3 nitrogen and oxygen atoms in total. The lowest BCUT2D eigenvalue weighted by Gasteiger charge is -2.27. The average molecular weight is 242 g/mol. The van der Waals surface area contributed by atoms with Gasteiger partial charge in [0.1, 0.15) is 0 Å². The molecule has 0 aliphatic rings. The highest BCUT2D eigenvalue weighted by Crippen LogP contribution is 2.17. The third kappa shape index (κ3) is 7.37. The minimum atomic E-state index is -0.466. The summed E-state index contributed by atoms with van der Waals surface area (Å²) in [6.45, 7) is 13.4. The largest absolute Gasteiger partial charge is 0.369 e. The Kier molecular flexibility index (Phi) is 6.76. The van der Waals surface area contributed by atoms with Crippen molar-refractivity contribution in [2.24, 2.45) is 23.0 Å². The molecule has 1 amide bonds. The van der Waals surface area contributed by atoms with Gasteiger partial charge in [0, 0.05) is 12.6 Å². The standard InChI is InChI=1S/C14H30N2O/c1-10(2)7-12(8-11(3)4)16-9-14(5,6)13(15)17/h10-12,16H,7-9H2,1-6H3,(H2,15,17). The first-order chi connectivity index (χ1) is 7.65. The van der Waals surface area contributed by atoms with Crippen molar-refractivity contribution in [3.8, 4) is 0 Å². The third-order valence-corrected chi connectivity index (χ3v) is 3.01. The molecule has 0 saturated carbocycles. The van der Waals surface area contributed by atoms with Crippen molar-refractivity contribution in [2.45, 2.75) is 60.4 Å². The van der Waals surface area contributed by atoms with E-state index in [-0.39, 0.29) is 5.91 Å². The number of carbonyl (C=O) groups excluding carboxylic acids is 1. The maximum atomic E-state index is 11.3. The molecular formula is C14H30N2O. The van der Waals surface area contributed by atoms with E-state index in [1.165, 1.54) is 0 Å². The van der Waals surface area contributed by atoms with Crippen LogP contribution in [0.2, 0.25) is 0 Å². The summed E-state index contributed by atoms with van der Waals surface area (Å²) >= 11 is 0. The molecule has 0 bridgehead atoms. The van der Waals surface area contributed by atoms with Gasteiger partial charge in [-0.15, -0.1) is 0 Å². The average Bonchev–Trinajstić information content (AvgIpc) is 2.12. The second-order valence-corrected chi connectivity index (χ2v) is 6.59. The van der Waals surface area contributed by atoms with Gasteiger partial charge in [-0.1, -0.05) is 27.7 Å². The fourth-order valence-corrected chi connectivity index (χ4v) is 1.89. The summed E-state index contributed by atoms with van der Waals surface area (Å²) in [5, 5.41) is 3.50. The molecule has 0 fully saturated rings. The van der Waals surface area contributed by atoms with Crippen molar-refractivity contribution in [2.75, 3.05) is 6.54 Å². The zero-order valence-corrected chi connectivity index (χ0v) is 12.3. The van der Waals surface area contributed by atoms with Crippen LogP contribution in [0, 0.1) is 17.3 Å². The number of carbonyl (C=O) groups is 1. The normalized spacial score (nSPS) is 12.8. The van der Waals surface area contributed by atoms with E-state index in [1.807, 2.05) is 13.8 Å². The topological polar surface area (TPSA) is 55.1 Å². The quantitative estimate of drug-likeness (QED) is 0.687. The number of nitrogens with one attached hydrogen (secondary N) is 1. The van der Waals surface area contributed by atoms with Gasteiger partial charge in [0.2, 0.25) is 5.91 Å². The summed E-state index contributed by atoms with van der Waals surface area (Å²) in [6, 6.07) is 0.480. The molecule has 0 aromatic rings. The minimum Gasteiger partial charge on any atom is -0.369 e. The van der Waals surface area contributed by atoms with E-state index in [9.17, 15) is 4.79 Å². The molecule has 0 unspecified atom stereocenters. The monoisotopic (exact) mass is 242 g/mol. The van der Waals surface area contributed by atoms with Gasteiger partial charge in [0.05, 0.1) is 5.41 Å². The van der Waals surface area contributed by atoms with Crippen molar-refractivity contribution < 1.29 is 4.79 Å². The van der Waals surface area contributed by atoms with E-state index >= 15 is 0 Å². The lowest BCUT2D eigenvalue weighted by Crippen LogP contribution is -2.44. The van der Waals surface area contributed by atoms with Crippen LogP contribution >= 0.6 is 0 Å². The van der Waals surface area contributed by atoms with Gasteiger partial charge in [-0.25, -0.2) is 0 Å². The van der Waals surface area contributed by atoms with Crippen molar-refractivity contribution in [1.82, 2.24) is 5.32 Å². The van der Waals surface area contributed by atoms with Crippen LogP contribution in [-0.2, 0) is 4.79 Å². The van der Waals surface area contributed by atoms with Crippen LogP contribution in [0.3, 0.4) is 0 Å². The first-order valence-electron chi connectivity index (χ1n) is 6.68. The maximum Gasteiger partial charge on any atom is 0.224 e. The van der Waals surface area contributed by atoms with E-state index in [1.54, 1.807) is 0 Å². The van der Waals surface area contributed by atoms with Crippen molar-refractivity contribution in [3.05, 3.63) is 0 Å². The van der Waals surface area contributed by atoms with Crippen molar-refractivity contribution in [3.63, 3.8) is 0 Å². The predicted molar refractivity (Wildman–Crippen MR) is 73.7 cm³/mol. The van der Waals surface area contributed by atoms with Gasteiger partial charge in [-0.05, 0) is 38.5 Å². The predicted octanol–water partition coefficient (Wildman–Crippen LogP) is 2.55. The Balaban J connectivity index is 4.29. The molecular weight excluding hydrogens is 212 g/mol. The highest BCUT2D eigenvalue weighted by molar-refractivity contribution is 5.80. The van der Waals surface area contributed by atoms with Crippen LogP contribution in [0.25, 0.3) is 0 Å². The van der Waals surface area contributed by atoms with Crippen LogP contribution < -0.4 is 11.1 Å². The molecule has 0 heterocycles. The molecule has 0 rings (SSSR count). The fourth-order valence-electron chi connectivity index (χ4n) is 1.89. The Hall–Kier alpha value is -0.570. The van der Waals surface area contributed by atoms with E-state index < -0.39 is 5.41 Å². The Bertz CT molecular complexity index is 224. The summed E-state index contributed by atoms with van der Waals surface area (Å²) < 4.78 is 0. The summed E-state index contributed by atoms with van der Waals surface area (Å²) in [4.78, 5) is 11.3. The molecule has 0 aliphatic heterocycles. The number of amides is 1. The first-order valence-corrected chi connectivity index (χ1v) is 6.68. The van der Waals surface area contributed by atoms with E-state index in [2.05, 4.69) is 33.0 Å². The molecule has 0 aromatic heterocycles. The molecule has 0 aromatic carbocycles. The van der Waals surface area contributed by atoms with Gasteiger partial charge in [-0.3, -0.25) is 4.79 Å². The van der Waals surface area contributed by atoms with E-state index in [0.29, 0.717) is 24.4 Å². The van der Waals surface area contributed by atoms with Crippen LogP contribution in [0.1, 0.15) is 54.4 Å². The number of nitrogens with two attached hydrogens (primary N) is 1. The molecule has 3 N–H and O–H groups in total. The van der Waals surface area contributed by atoms with Gasteiger partial charge >= 0.3 is 0 Å². The SMILES string of the molecule is CC(C)CC(CC(C)C)NCC(C)(C)C(N)=O. The molecule has 0 radical (unpaired) electrons. The van der Waals surface area contributed by atoms with Crippen molar-refractivity contribution in [1.29, 1.82) is 0 Å². The second-order valence-electron chi connectivity index (χ2n) is 6.59. The highest BCUT2D eigenvalue weighted by atomic mass is 16.1. The van der Waals surface area contributed by atoms with Crippen LogP contribution in [0.5, 0.6) is 0 Å². The fraction of sp³-hybridized carbons (Fsp3) is 0.929. The maximum absolute atomic E-state index is 11.3. The molecule has 0 saturated heterocycles. The first kappa shape index (κ1) is 16.4. The van der Waals surface area contributed by atoms with Gasteiger partial charge in [0.15, 0.2) is 0 Å².